The smallest absolute Gasteiger partial charge is 0.193 e. The Bertz CT molecular complexity index is 924. The van der Waals surface area contributed by atoms with E-state index in [0.29, 0.717) is 6.54 Å². The van der Waals surface area contributed by atoms with E-state index in [4.69, 9.17) is 4.74 Å². The van der Waals surface area contributed by atoms with Crippen LogP contribution in [0.15, 0.2) is 72.4 Å². The van der Waals surface area contributed by atoms with Crippen LogP contribution in [0.2, 0.25) is 0 Å². The summed E-state index contributed by atoms with van der Waals surface area (Å²) in [5.74, 6) is 2.72. The molecule has 30 heavy (non-hydrogen) atoms. The molecule has 2 aromatic heterocycles. The highest BCUT2D eigenvalue weighted by Crippen LogP contribution is 2.18. The van der Waals surface area contributed by atoms with E-state index in [1.807, 2.05) is 60.4 Å². The summed E-state index contributed by atoms with van der Waals surface area (Å²) in [5.41, 5.74) is 1.15. The van der Waals surface area contributed by atoms with Crippen molar-refractivity contribution in [2.45, 2.75) is 25.5 Å². The van der Waals surface area contributed by atoms with Gasteiger partial charge in [-0.1, -0.05) is 18.2 Å². The minimum atomic E-state index is 0. The van der Waals surface area contributed by atoms with E-state index in [-0.39, 0.29) is 30.1 Å². The summed E-state index contributed by atoms with van der Waals surface area (Å²) >= 11 is 0. The topological polar surface area (TPSA) is 67.6 Å². The number of imidazole rings is 1. The Kier molecular flexibility index (Phi) is 8.06. The molecule has 1 aliphatic rings. The Morgan fingerprint density at radius 2 is 1.97 bits per heavy atom. The first-order valence-corrected chi connectivity index (χ1v) is 9.92. The highest BCUT2D eigenvalue weighted by Gasteiger charge is 2.22. The number of piperidine rings is 1. The van der Waals surface area contributed by atoms with E-state index >= 15 is 0 Å². The summed E-state index contributed by atoms with van der Waals surface area (Å²) in [5, 5.41) is 3.47. The summed E-state index contributed by atoms with van der Waals surface area (Å²) in [7, 11) is 1.83. The Morgan fingerprint density at radius 1 is 1.17 bits per heavy atom. The van der Waals surface area contributed by atoms with Crippen LogP contribution >= 0.6 is 24.0 Å². The maximum atomic E-state index is 6.09. The van der Waals surface area contributed by atoms with Gasteiger partial charge in [-0.2, -0.15) is 0 Å². The van der Waals surface area contributed by atoms with Gasteiger partial charge in [-0.25, -0.2) is 9.97 Å². The zero-order valence-corrected chi connectivity index (χ0v) is 19.3. The molecule has 158 valence electrons. The lowest BCUT2D eigenvalue weighted by molar-refractivity contribution is 0.129. The molecule has 7 nitrogen and oxygen atoms in total. The second kappa shape index (κ2) is 11.0. The third kappa shape index (κ3) is 5.71. The molecule has 4 rings (SSSR count). The van der Waals surface area contributed by atoms with E-state index in [1.165, 1.54) is 0 Å². The molecular weight excluding hydrogens is 491 g/mol. The van der Waals surface area contributed by atoms with Crippen molar-refractivity contribution in [1.29, 1.82) is 0 Å². The molecule has 3 aromatic rings. The Morgan fingerprint density at radius 3 is 2.67 bits per heavy atom. The maximum absolute atomic E-state index is 6.09. The number of pyridine rings is 1. The zero-order chi connectivity index (χ0) is 19.9. The minimum Gasteiger partial charge on any atom is -0.490 e. The molecule has 1 N–H and O–H groups in total. The van der Waals surface area contributed by atoms with Gasteiger partial charge < -0.3 is 15.0 Å². The fraction of sp³-hybridized carbons (Fsp3) is 0.318. The highest BCUT2D eigenvalue weighted by molar-refractivity contribution is 14.0. The van der Waals surface area contributed by atoms with Crippen molar-refractivity contribution < 1.29 is 4.74 Å². The lowest BCUT2D eigenvalue weighted by Gasteiger charge is -2.34. The lowest BCUT2D eigenvalue weighted by atomic mass is 10.1. The summed E-state index contributed by atoms with van der Waals surface area (Å²) in [4.78, 5) is 15.2. The van der Waals surface area contributed by atoms with Crippen LogP contribution in [0.25, 0.3) is 5.82 Å². The molecule has 0 atom stereocenters. The van der Waals surface area contributed by atoms with E-state index < -0.39 is 0 Å². The molecule has 0 saturated carbocycles. The Balaban J connectivity index is 0.00000256. The first-order valence-electron chi connectivity index (χ1n) is 9.92. The number of halogens is 1. The fourth-order valence-electron chi connectivity index (χ4n) is 3.50. The molecule has 0 bridgehead atoms. The van der Waals surface area contributed by atoms with E-state index in [0.717, 1.165) is 49.0 Å². The number of hydrogen-bond donors (Lipinski definition) is 1. The van der Waals surface area contributed by atoms with Crippen LogP contribution in [0.3, 0.4) is 0 Å². The number of nitrogens with zero attached hydrogens (tertiary/aromatic N) is 5. The highest BCUT2D eigenvalue weighted by atomic mass is 127. The summed E-state index contributed by atoms with van der Waals surface area (Å²) in [6.45, 7) is 2.54. The fourth-order valence-corrected chi connectivity index (χ4v) is 3.50. The van der Waals surface area contributed by atoms with Crippen LogP contribution in [0.1, 0.15) is 18.4 Å². The van der Waals surface area contributed by atoms with Gasteiger partial charge in [-0.3, -0.25) is 9.56 Å². The molecule has 1 aliphatic heterocycles. The molecular formula is C22H27IN6O. The average Bonchev–Trinajstić information content (AvgIpc) is 3.31. The number of ether oxygens (including phenoxy) is 1. The van der Waals surface area contributed by atoms with Gasteiger partial charge in [0.05, 0.1) is 0 Å². The monoisotopic (exact) mass is 518 g/mol. The second-order valence-electron chi connectivity index (χ2n) is 7.01. The van der Waals surface area contributed by atoms with Crippen molar-refractivity contribution in [1.82, 2.24) is 24.8 Å². The van der Waals surface area contributed by atoms with E-state index in [1.54, 1.807) is 12.5 Å². The van der Waals surface area contributed by atoms with Gasteiger partial charge in [-0.05, 0) is 29.8 Å². The molecule has 1 aromatic carbocycles. The molecule has 0 amide bonds. The van der Waals surface area contributed by atoms with Crippen LogP contribution in [0.5, 0.6) is 5.75 Å². The van der Waals surface area contributed by atoms with Crippen LogP contribution < -0.4 is 10.1 Å². The van der Waals surface area contributed by atoms with Gasteiger partial charge >= 0.3 is 0 Å². The number of benzene rings is 1. The SMILES string of the molecule is CN=C(NCc1ccnc(-n2ccnc2)c1)N1CCC(Oc2ccccc2)CC1.I. The minimum absolute atomic E-state index is 0. The molecule has 0 radical (unpaired) electrons. The van der Waals surface area contributed by atoms with E-state index in [2.05, 4.69) is 31.2 Å². The van der Waals surface area contributed by atoms with Gasteiger partial charge in [0.15, 0.2) is 5.96 Å². The number of guanidine groups is 1. The number of rotatable bonds is 5. The third-order valence-corrected chi connectivity index (χ3v) is 5.03. The van der Waals surface area contributed by atoms with Gasteiger partial charge in [0.25, 0.3) is 0 Å². The van der Waals surface area contributed by atoms with E-state index in [9.17, 15) is 0 Å². The normalized spacial score (nSPS) is 14.8. The first kappa shape index (κ1) is 22.1. The molecule has 8 heteroatoms. The largest absolute Gasteiger partial charge is 0.490 e. The van der Waals surface area contributed by atoms with Gasteiger partial charge in [0.2, 0.25) is 0 Å². The van der Waals surface area contributed by atoms with Gasteiger partial charge in [0.1, 0.15) is 24.0 Å². The standard InChI is InChI=1S/C22H26N6O.HI/c1-23-22(26-16-18-7-10-25-21(15-18)28-14-11-24-17-28)27-12-8-20(9-13-27)29-19-5-3-2-4-6-19;/h2-7,10-11,14-15,17,20H,8-9,12-13,16H2,1H3,(H,23,26);1H. The predicted octanol–water partition coefficient (Wildman–Crippen LogP) is 3.50. The maximum Gasteiger partial charge on any atom is 0.193 e. The second-order valence-corrected chi connectivity index (χ2v) is 7.01. The van der Waals surface area contributed by atoms with Crippen molar-refractivity contribution in [3.8, 4) is 11.6 Å². The van der Waals surface area contributed by atoms with Gasteiger partial charge in [0, 0.05) is 58.1 Å². The zero-order valence-electron chi connectivity index (χ0n) is 17.0. The number of likely N-dealkylation sites (tertiary alicyclic amines) is 1. The first-order chi connectivity index (χ1) is 14.3. The van der Waals surface area contributed by atoms with Crippen molar-refractivity contribution >= 4 is 29.9 Å². The van der Waals surface area contributed by atoms with Gasteiger partial charge in [-0.15, -0.1) is 24.0 Å². The Hall–Kier alpha value is -2.62. The molecule has 1 fully saturated rings. The predicted molar refractivity (Wildman–Crippen MR) is 129 cm³/mol. The van der Waals surface area contributed by atoms with Crippen molar-refractivity contribution in [3.05, 3.63) is 72.9 Å². The molecule has 0 spiro atoms. The molecule has 0 unspecified atom stereocenters. The quantitative estimate of drug-likeness (QED) is 0.318. The van der Waals surface area contributed by atoms with Crippen LogP contribution in [-0.2, 0) is 6.54 Å². The lowest BCUT2D eigenvalue weighted by Crippen LogP contribution is -2.47. The number of hydrogen-bond acceptors (Lipinski definition) is 4. The summed E-state index contributed by atoms with van der Waals surface area (Å²) < 4.78 is 7.99. The van der Waals surface area contributed by atoms with Crippen LogP contribution in [0.4, 0.5) is 0 Å². The molecule has 0 aliphatic carbocycles. The van der Waals surface area contributed by atoms with Crippen LogP contribution in [0, 0.1) is 0 Å². The number of nitrogens with one attached hydrogen (secondary N) is 1. The number of aliphatic imine (C=N–C) groups is 1. The van der Waals surface area contributed by atoms with Crippen molar-refractivity contribution in [3.63, 3.8) is 0 Å². The Labute approximate surface area is 194 Å². The number of aromatic nitrogens is 3. The average molecular weight is 518 g/mol. The summed E-state index contributed by atoms with van der Waals surface area (Å²) in [6, 6.07) is 14.1. The van der Waals surface area contributed by atoms with Crippen LogP contribution in [-0.4, -0.2) is 51.6 Å². The van der Waals surface area contributed by atoms with Crippen molar-refractivity contribution in [2.24, 2.45) is 4.99 Å². The molecule has 1 saturated heterocycles. The molecule has 3 heterocycles. The third-order valence-electron chi connectivity index (χ3n) is 5.03. The number of para-hydroxylation sites is 1. The summed E-state index contributed by atoms with van der Waals surface area (Å²) in [6.07, 6.45) is 9.43. The van der Waals surface area contributed by atoms with Crippen molar-refractivity contribution in [2.75, 3.05) is 20.1 Å².